The first-order valence-corrected chi connectivity index (χ1v) is 6.56. The summed E-state index contributed by atoms with van der Waals surface area (Å²) in [7, 11) is 0. The molecule has 2 nitrogen and oxygen atoms in total. The Hall–Kier alpha value is -2.22. The van der Waals surface area contributed by atoms with Crippen LogP contribution >= 0.6 is 0 Å². The van der Waals surface area contributed by atoms with E-state index in [2.05, 4.69) is 48.1 Å². The van der Waals surface area contributed by atoms with E-state index in [4.69, 9.17) is 0 Å². The van der Waals surface area contributed by atoms with Gasteiger partial charge in [-0.2, -0.15) is 0 Å². The van der Waals surface area contributed by atoms with E-state index in [1.807, 2.05) is 30.6 Å². The number of hydrogen-bond donors (Lipinski definition) is 0. The molecule has 0 aliphatic rings. The number of pyridine rings is 2. The molecule has 0 spiro atoms. The fourth-order valence-corrected chi connectivity index (χ4v) is 2.44. The number of nitrogens with zero attached hydrogens (tertiary/aromatic N) is 2. The summed E-state index contributed by atoms with van der Waals surface area (Å²) in [5, 5.41) is 1.18. The van der Waals surface area contributed by atoms with Crippen LogP contribution in [0.3, 0.4) is 0 Å². The van der Waals surface area contributed by atoms with Crippen LogP contribution in [0.4, 0.5) is 0 Å². The molecule has 0 aliphatic heterocycles. The van der Waals surface area contributed by atoms with Gasteiger partial charge in [0.2, 0.25) is 0 Å². The number of benzene rings is 1. The molecule has 0 atom stereocenters. The van der Waals surface area contributed by atoms with Gasteiger partial charge in [-0.3, -0.25) is 9.97 Å². The quantitative estimate of drug-likeness (QED) is 0.671. The van der Waals surface area contributed by atoms with Crippen molar-refractivity contribution in [2.45, 2.75) is 19.8 Å². The maximum absolute atomic E-state index is 4.54. The van der Waals surface area contributed by atoms with Crippen LogP contribution in [0.1, 0.15) is 25.5 Å². The third-order valence-electron chi connectivity index (χ3n) is 3.32. The van der Waals surface area contributed by atoms with Gasteiger partial charge in [-0.15, -0.1) is 0 Å². The number of aromatic nitrogens is 2. The molecule has 2 heterocycles. The molecule has 2 heteroatoms. The molecule has 0 aliphatic carbocycles. The minimum atomic E-state index is 0.406. The molecule has 0 unspecified atom stereocenters. The van der Waals surface area contributed by atoms with E-state index in [0.717, 1.165) is 11.2 Å². The molecule has 3 aromatic rings. The largest absolute Gasteiger partial charge is 0.260 e. The second-order valence-electron chi connectivity index (χ2n) is 4.97. The minimum Gasteiger partial charge on any atom is -0.260 e. The molecule has 19 heavy (non-hydrogen) atoms. The summed E-state index contributed by atoms with van der Waals surface area (Å²) in [4.78, 5) is 8.96. The highest BCUT2D eigenvalue weighted by atomic mass is 14.7. The second kappa shape index (κ2) is 4.81. The molecule has 3 rings (SSSR count). The van der Waals surface area contributed by atoms with Crippen molar-refractivity contribution in [2.75, 3.05) is 0 Å². The lowest BCUT2D eigenvalue weighted by Crippen LogP contribution is -1.96. The van der Waals surface area contributed by atoms with E-state index in [9.17, 15) is 0 Å². The van der Waals surface area contributed by atoms with E-state index < -0.39 is 0 Å². The molecule has 94 valence electrons. The maximum Gasteiger partial charge on any atom is 0.0708 e. The highest BCUT2D eigenvalue weighted by Crippen LogP contribution is 2.32. The van der Waals surface area contributed by atoms with Crippen molar-refractivity contribution in [3.8, 4) is 11.1 Å². The van der Waals surface area contributed by atoms with Gasteiger partial charge in [0.1, 0.15) is 0 Å². The van der Waals surface area contributed by atoms with E-state index in [1.165, 1.54) is 16.5 Å². The van der Waals surface area contributed by atoms with Gasteiger partial charge in [0.15, 0.2) is 0 Å². The van der Waals surface area contributed by atoms with Gasteiger partial charge in [-0.05, 0) is 29.7 Å². The summed E-state index contributed by atoms with van der Waals surface area (Å²) >= 11 is 0. The van der Waals surface area contributed by atoms with Crippen molar-refractivity contribution in [2.24, 2.45) is 0 Å². The summed E-state index contributed by atoms with van der Waals surface area (Å²) in [5.74, 6) is 0.406. The van der Waals surface area contributed by atoms with Crippen LogP contribution in [-0.2, 0) is 0 Å². The topological polar surface area (TPSA) is 25.8 Å². The van der Waals surface area contributed by atoms with E-state index >= 15 is 0 Å². The summed E-state index contributed by atoms with van der Waals surface area (Å²) < 4.78 is 0. The standard InChI is InChI=1S/C17H16N2/c1-12(2)17-15(8-5-11-19-17)13-6-3-9-16-14(13)7-4-10-18-16/h3-12H,1-2H3. The van der Waals surface area contributed by atoms with Crippen LogP contribution in [-0.4, -0.2) is 9.97 Å². The molecule has 0 amide bonds. The molecule has 0 N–H and O–H groups in total. The zero-order valence-corrected chi connectivity index (χ0v) is 11.2. The van der Waals surface area contributed by atoms with Crippen molar-refractivity contribution >= 4 is 10.9 Å². The van der Waals surface area contributed by atoms with Gasteiger partial charge in [0.05, 0.1) is 11.2 Å². The zero-order chi connectivity index (χ0) is 13.2. The third-order valence-corrected chi connectivity index (χ3v) is 3.32. The van der Waals surface area contributed by atoms with Crippen LogP contribution in [0.5, 0.6) is 0 Å². The second-order valence-corrected chi connectivity index (χ2v) is 4.97. The van der Waals surface area contributed by atoms with Gasteiger partial charge >= 0.3 is 0 Å². The number of hydrogen-bond acceptors (Lipinski definition) is 2. The highest BCUT2D eigenvalue weighted by Gasteiger charge is 2.11. The Morgan fingerprint density at radius 3 is 2.37 bits per heavy atom. The van der Waals surface area contributed by atoms with Gasteiger partial charge in [0, 0.05) is 23.3 Å². The SMILES string of the molecule is CC(C)c1ncccc1-c1cccc2ncccc12. The Morgan fingerprint density at radius 2 is 1.53 bits per heavy atom. The average Bonchev–Trinajstić information content (AvgIpc) is 2.46. The normalized spacial score (nSPS) is 11.1. The molecule has 0 saturated heterocycles. The molecule has 0 fully saturated rings. The molecule has 1 aromatic carbocycles. The minimum absolute atomic E-state index is 0.406. The van der Waals surface area contributed by atoms with Crippen LogP contribution in [0.15, 0.2) is 54.9 Å². The van der Waals surface area contributed by atoms with Crippen LogP contribution < -0.4 is 0 Å². The molecular weight excluding hydrogens is 232 g/mol. The van der Waals surface area contributed by atoms with Crippen LogP contribution in [0.2, 0.25) is 0 Å². The van der Waals surface area contributed by atoms with Crippen molar-refractivity contribution in [3.63, 3.8) is 0 Å². The third kappa shape index (κ3) is 2.10. The summed E-state index contributed by atoms with van der Waals surface area (Å²) in [6.07, 6.45) is 3.70. The molecule has 0 bridgehead atoms. The molecule has 2 aromatic heterocycles. The Labute approximate surface area is 113 Å². The maximum atomic E-state index is 4.54. The Morgan fingerprint density at radius 1 is 0.789 bits per heavy atom. The monoisotopic (exact) mass is 248 g/mol. The zero-order valence-electron chi connectivity index (χ0n) is 11.2. The Bertz CT molecular complexity index is 712. The van der Waals surface area contributed by atoms with Crippen LogP contribution in [0.25, 0.3) is 22.0 Å². The van der Waals surface area contributed by atoms with Gasteiger partial charge in [-0.1, -0.05) is 38.1 Å². The predicted molar refractivity (Wildman–Crippen MR) is 79.1 cm³/mol. The van der Waals surface area contributed by atoms with Crippen molar-refractivity contribution in [3.05, 3.63) is 60.6 Å². The summed E-state index contributed by atoms with van der Waals surface area (Å²) in [6, 6.07) is 14.5. The Balaban J connectivity index is 2.31. The van der Waals surface area contributed by atoms with E-state index in [1.54, 1.807) is 0 Å². The lowest BCUT2D eigenvalue weighted by molar-refractivity contribution is 0.826. The van der Waals surface area contributed by atoms with Gasteiger partial charge in [0.25, 0.3) is 0 Å². The highest BCUT2D eigenvalue weighted by molar-refractivity contribution is 5.95. The molecule has 0 saturated carbocycles. The lowest BCUT2D eigenvalue weighted by atomic mass is 9.95. The van der Waals surface area contributed by atoms with Crippen molar-refractivity contribution in [1.29, 1.82) is 0 Å². The van der Waals surface area contributed by atoms with Crippen LogP contribution in [0, 0.1) is 0 Å². The average molecular weight is 248 g/mol. The fraction of sp³-hybridized carbons (Fsp3) is 0.176. The molecular formula is C17H16N2. The number of fused-ring (bicyclic) bond motifs is 1. The first-order valence-electron chi connectivity index (χ1n) is 6.56. The smallest absolute Gasteiger partial charge is 0.0708 e. The van der Waals surface area contributed by atoms with E-state index in [0.29, 0.717) is 5.92 Å². The van der Waals surface area contributed by atoms with Crippen molar-refractivity contribution in [1.82, 2.24) is 9.97 Å². The van der Waals surface area contributed by atoms with Gasteiger partial charge in [-0.25, -0.2) is 0 Å². The number of rotatable bonds is 2. The summed E-state index contributed by atoms with van der Waals surface area (Å²) in [5.41, 5.74) is 4.58. The predicted octanol–water partition coefficient (Wildman–Crippen LogP) is 4.42. The van der Waals surface area contributed by atoms with E-state index in [-0.39, 0.29) is 0 Å². The lowest BCUT2D eigenvalue weighted by Gasteiger charge is -2.13. The first kappa shape index (κ1) is 11.8. The van der Waals surface area contributed by atoms with Crippen molar-refractivity contribution < 1.29 is 0 Å². The first-order chi connectivity index (χ1) is 9.27. The Kier molecular flexibility index (Phi) is 3.00. The summed E-state index contributed by atoms with van der Waals surface area (Å²) in [6.45, 7) is 4.35. The molecule has 0 radical (unpaired) electrons. The van der Waals surface area contributed by atoms with Gasteiger partial charge < -0.3 is 0 Å². The fourth-order valence-electron chi connectivity index (χ4n) is 2.44.